The van der Waals surface area contributed by atoms with E-state index in [9.17, 15) is 0 Å². The molecule has 0 spiro atoms. The van der Waals surface area contributed by atoms with Crippen LogP contribution in [0.2, 0.25) is 0 Å². The van der Waals surface area contributed by atoms with Crippen molar-refractivity contribution < 1.29 is 0 Å². The summed E-state index contributed by atoms with van der Waals surface area (Å²) in [4.78, 5) is 7.40. The summed E-state index contributed by atoms with van der Waals surface area (Å²) in [7, 11) is 2.13. The molecule has 5 nitrogen and oxygen atoms in total. The minimum atomic E-state index is 0.644. The van der Waals surface area contributed by atoms with Crippen molar-refractivity contribution in [3.8, 4) is 12.1 Å². The molecule has 0 N–H and O–H groups in total. The van der Waals surface area contributed by atoms with Crippen LogP contribution in [0.25, 0.3) is 0 Å². The molecule has 1 fully saturated rings. The van der Waals surface area contributed by atoms with Crippen molar-refractivity contribution in [1.82, 2.24) is 14.7 Å². The maximum Gasteiger partial charge on any atom is 0.0622 e. The van der Waals surface area contributed by atoms with Gasteiger partial charge in [-0.2, -0.15) is 10.5 Å². The molecule has 0 aliphatic carbocycles. The largest absolute Gasteiger partial charge is 0.305 e. The summed E-state index contributed by atoms with van der Waals surface area (Å²) in [5, 5.41) is 17.3. The van der Waals surface area contributed by atoms with Gasteiger partial charge in [-0.15, -0.1) is 0 Å². The number of hydrogen-bond donors (Lipinski definition) is 0. The molecule has 0 radical (unpaired) electrons. The number of nitriles is 2. The smallest absolute Gasteiger partial charge is 0.0622 e. The quantitative estimate of drug-likeness (QED) is 0.517. The van der Waals surface area contributed by atoms with Crippen molar-refractivity contribution >= 4 is 0 Å². The first-order valence-corrected chi connectivity index (χ1v) is 9.13. The summed E-state index contributed by atoms with van der Waals surface area (Å²) in [6.45, 7) is 8.88. The SMILES string of the molecule is CN(CCCC#N)CCN(CCCC#N)CCN1CCCCC1. The molecule has 0 aromatic carbocycles. The fraction of sp³-hybridized carbons (Fsp3) is 0.889. The normalized spacial score (nSPS) is 15.7. The summed E-state index contributed by atoms with van der Waals surface area (Å²) in [6.07, 6.45) is 7.29. The monoisotopic (exact) mass is 319 g/mol. The summed E-state index contributed by atoms with van der Waals surface area (Å²) >= 11 is 0. The maximum atomic E-state index is 8.74. The summed E-state index contributed by atoms with van der Waals surface area (Å²) in [6, 6.07) is 4.46. The zero-order valence-electron chi connectivity index (χ0n) is 14.8. The fourth-order valence-electron chi connectivity index (χ4n) is 3.03. The Morgan fingerprint density at radius 1 is 0.826 bits per heavy atom. The van der Waals surface area contributed by atoms with Crippen molar-refractivity contribution in [2.45, 2.75) is 44.9 Å². The standard InChI is InChI=1S/C18H33N5/c1-21(11-7-3-9-19)15-16-23(14-8-4-10-20)18-17-22-12-5-2-6-13-22/h2-8,11-18H2,1H3. The minimum absolute atomic E-state index is 0.644. The molecule has 1 heterocycles. The Morgan fingerprint density at radius 2 is 1.48 bits per heavy atom. The molecule has 0 unspecified atom stereocenters. The number of likely N-dealkylation sites (N-methyl/N-ethyl adjacent to an activating group) is 1. The van der Waals surface area contributed by atoms with E-state index in [0.29, 0.717) is 12.8 Å². The van der Waals surface area contributed by atoms with Gasteiger partial charge in [0.1, 0.15) is 0 Å². The van der Waals surface area contributed by atoms with Crippen molar-refractivity contribution in [3.63, 3.8) is 0 Å². The molecule has 130 valence electrons. The van der Waals surface area contributed by atoms with E-state index in [1.54, 1.807) is 0 Å². The Kier molecular flexibility index (Phi) is 11.5. The van der Waals surface area contributed by atoms with Crippen LogP contribution in [0.4, 0.5) is 0 Å². The number of unbranched alkanes of at least 4 members (excludes halogenated alkanes) is 2. The lowest BCUT2D eigenvalue weighted by atomic mass is 10.1. The Morgan fingerprint density at radius 3 is 2.13 bits per heavy atom. The van der Waals surface area contributed by atoms with Gasteiger partial charge in [-0.05, 0) is 58.9 Å². The van der Waals surface area contributed by atoms with Crippen LogP contribution in [0.15, 0.2) is 0 Å². The Balaban J connectivity index is 2.26. The number of rotatable bonds is 12. The van der Waals surface area contributed by atoms with Crippen LogP contribution >= 0.6 is 0 Å². The molecule has 1 aliphatic heterocycles. The molecule has 0 saturated carbocycles. The van der Waals surface area contributed by atoms with Crippen LogP contribution in [0.3, 0.4) is 0 Å². The van der Waals surface area contributed by atoms with E-state index in [1.807, 2.05) is 0 Å². The fourth-order valence-corrected chi connectivity index (χ4v) is 3.03. The van der Waals surface area contributed by atoms with Crippen LogP contribution in [0, 0.1) is 22.7 Å². The molecule has 1 aliphatic rings. The van der Waals surface area contributed by atoms with Crippen molar-refractivity contribution in [1.29, 1.82) is 10.5 Å². The molecule has 5 heteroatoms. The second-order valence-corrected chi connectivity index (χ2v) is 6.57. The number of piperidine rings is 1. The topological polar surface area (TPSA) is 57.3 Å². The predicted octanol–water partition coefficient (Wildman–Crippen LogP) is 2.31. The number of hydrogen-bond acceptors (Lipinski definition) is 5. The van der Waals surface area contributed by atoms with E-state index < -0.39 is 0 Å². The van der Waals surface area contributed by atoms with Gasteiger partial charge in [0.05, 0.1) is 12.1 Å². The lowest BCUT2D eigenvalue weighted by Gasteiger charge is -2.30. The van der Waals surface area contributed by atoms with Gasteiger partial charge in [-0.3, -0.25) is 0 Å². The summed E-state index contributed by atoms with van der Waals surface area (Å²) < 4.78 is 0. The van der Waals surface area contributed by atoms with Crippen LogP contribution in [-0.2, 0) is 0 Å². The molecule has 1 rings (SSSR count). The minimum Gasteiger partial charge on any atom is -0.305 e. The lowest BCUT2D eigenvalue weighted by Crippen LogP contribution is -2.41. The van der Waals surface area contributed by atoms with Crippen molar-refractivity contribution in [2.24, 2.45) is 0 Å². The van der Waals surface area contributed by atoms with Crippen molar-refractivity contribution in [2.75, 3.05) is 59.4 Å². The van der Waals surface area contributed by atoms with Crippen molar-refractivity contribution in [3.05, 3.63) is 0 Å². The second-order valence-electron chi connectivity index (χ2n) is 6.57. The molecule has 0 bridgehead atoms. The third kappa shape index (κ3) is 10.3. The lowest BCUT2D eigenvalue weighted by molar-refractivity contribution is 0.168. The van der Waals surface area contributed by atoms with E-state index in [4.69, 9.17) is 10.5 Å². The predicted molar refractivity (Wildman–Crippen MR) is 93.9 cm³/mol. The third-order valence-corrected chi connectivity index (χ3v) is 4.57. The molecule has 0 atom stereocenters. The Hall–Kier alpha value is -1.14. The third-order valence-electron chi connectivity index (χ3n) is 4.57. The van der Waals surface area contributed by atoms with Crippen LogP contribution in [0.5, 0.6) is 0 Å². The van der Waals surface area contributed by atoms with Gasteiger partial charge in [0.15, 0.2) is 0 Å². The summed E-state index contributed by atoms with van der Waals surface area (Å²) in [5.41, 5.74) is 0. The highest BCUT2D eigenvalue weighted by atomic mass is 15.2. The number of nitrogens with zero attached hydrogens (tertiary/aromatic N) is 5. The molecule has 0 amide bonds. The van der Waals surface area contributed by atoms with Gasteiger partial charge in [0.2, 0.25) is 0 Å². The first-order chi connectivity index (χ1) is 11.3. The van der Waals surface area contributed by atoms with Crippen LogP contribution < -0.4 is 0 Å². The van der Waals surface area contributed by atoms with Gasteiger partial charge in [-0.1, -0.05) is 6.42 Å². The number of likely N-dealkylation sites (tertiary alicyclic amines) is 1. The highest BCUT2D eigenvalue weighted by Gasteiger charge is 2.12. The molecule has 0 aromatic rings. The van der Waals surface area contributed by atoms with E-state index >= 15 is 0 Å². The summed E-state index contributed by atoms with van der Waals surface area (Å²) in [5.74, 6) is 0. The molecular weight excluding hydrogens is 286 g/mol. The van der Waals surface area contributed by atoms with Crippen LogP contribution in [-0.4, -0.2) is 74.1 Å². The maximum absolute atomic E-state index is 8.74. The van der Waals surface area contributed by atoms with Gasteiger partial charge >= 0.3 is 0 Å². The van der Waals surface area contributed by atoms with E-state index in [2.05, 4.69) is 33.9 Å². The van der Waals surface area contributed by atoms with Crippen LogP contribution in [0.1, 0.15) is 44.9 Å². The van der Waals surface area contributed by atoms with Gasteiger partial charge in [-0.25, -0.2) is 0 Å². The zero-order valence-corrected chi connectivity index (χ0v) is 14.8. The van der Waals surface area contributed by atoms with E-state index in [1.165, 1.54) is 32.4 Å². The zero-order chi connectivity index (χ0) is 16.8. The Bertz CT molecular complexity index is 365. The molecule has 23 heavy (non-hydrogen) atoms. The molecule has 0 aromatic heterocycles. The van der Waals surface area contributed by atoms with Gasteiger partial charge in [0.25, 0.3) is 0 Å². The molecular formula is C18H33N5. The average molecular weight is 319 g/mol. The van der Waals surface area contributed by atoms with E-state index in [-0.39, 0.29) is 0 Å². The highest BCUT2D eigenvalue weighted by molar-refractivity contribution is 4.73. The highest BCUT2D eigenvalue weighted by Crippen LogP contribution is 2.08. The van der Waals surface area contributed by atoms with Gasteiger partial charge < -0.3 is 14.7 Å². The van der Waals surface area contributed by atoms with E-state index in [0.717, 1.165) is 52.1 Å². The molecule has 1 saturated heterocycles. The first kappa shape index (κ1) is 19.9. The average Bonchev–Trinajstić information content (AvgIpc) is 2.58. The first-order valence-electron chi connectivity index (χ1n) is 9.13. The van der Waals surface area contributed by atoms with Gasteiger partial charge in [0, 0.05) is 39.0 Å². The Labute approximate surface area is 142 Å². The second kappa shape index (κ2) is 13.3.